The molecule has 6 rings (SSSR count). The highest BCUT2D eigenvalue weighted by Gasteiger charge is 2.23. The molecular weight excluding hydrogens is 1350 g/mol. The Morgan fingerprint density at radius 3 is 0.636 bits per heavy atom. The maximum Gasteiger partial charge on any atom is 0.153 e. The molecule has 0 fully saturated rings. The van der Waals surface area contributed by atoms with E-state index in [0.717, 1.165) is 138 Å². The van der Waals surface area contributed by atoms with E-state index in [0.29, 0.717) is 103 Å². The predicted octanol–water partition coefficient (Wildman–Crippen LogP) is 27.6. The van der Waals surface area contributed by atoms with Crippen molar-refractivity contribution in [2.75, 3.05) is 39.6 Å². The highest BCUT2D eigenvalue weighted by molar-refractivity contribution is 5.78. The summed E-state index contributed by atoms with van der Waals surface area (Å²) >= 11 is 0. The fourth-order valence-corrected chi connectivity index (χ4v) is 13.4. The Balaban J connectivity index is 1.58. The quantitative estimate of drug-likeness (QED) is 0.0280. The lowest BCUT2D eigenvalue weighted by Crippen LogP contribution is -2.08. The van der Waals surface area contributed by atoms with E-state index >= 15 is 0 Å². The third-order valence-corrected chi connectivity index (χ3v) is 20.9. The van der Waals surface area contributed by atoms with E-state index in [4.69, 9.17) is 28.4 Å². The maximum absolute atomic E-state index is 7.31. The second-order valence-corrected chi connectivity index (χ2v) is 34.0. The zero-order valence-electron chi connectivity index (χ0n) is 71.4. The second kappa shape index (κ2) is 53.0. The van der Waals surface area contributed by atoms with Gasteiger partial charge in [-0.25, -0.2) is 0 Å². The van der Waals surface area contributed by atoms with Crippen LogP contribution >= 0.6 is 0 Å². The molecule has 0 heterocycles. The number of ether oxygens (including phenoxy) is 6. The number of hydrogen-bond donors (Lipinski definition) is 0. The Morgan fingerprint density at radius 1 is 0.200 bits per heavy atom. The molecule has 6 aromatic carbocycles. The molecule has 6 nitrogen and oxygen atoms in total. The van der Waals surface area contributed by atoms with Crippen molar-refractivity contribution in [3.8, 4) is 93.7 Å². The molecule has 0 aromatic heterocycles. The van der Waals surface area contributed by atoms with Gasteiger partial charge in [0, 0.05) is 27.8 Å². The van der Waals surface area contributed by atoms with Gasteiger partial charge in [0.2, 0.25) is 0 Å². The summed E-state index contributed by atoms with van der Waals surface area (Å²) in [6, 6.07) is 40.8. The van der Waals surface area contributed by atoms with Crippen LogP contribution in [0.25, 0.3) is 0 Å². The minimum absolute atomic E-state index is 0.437. The Morgan fingerprint density at radius 2 is 0.409 bits per heavy atom. The van der Waals surface area contributed by atoms with Crippen LogP contribution in [0.1, 0.15) is 333 Å². The molecule has 5 unspecified atom stereocenters. The Hall–Kier alpha value is -8.08. The van der Waals surface area contributed by atoms with E-state index in [1.807, 2.05) is 121 Å². The van der Waals surface area contributed by atoms with Gasteiger partial charge in [0.15, 0.2) is 5.75 Å². The van der Waals surface area contributed by atoms with E-state index in [2.05, 4.69) is 170 Å². The van der Waals surface area contributed by atoms with Crippen LogP contribution in [-0.2, 0) is 0 Å². The Bertz CT molecular complexity index is 3650. The normalized spacial score (nSPS) is 12.5. The van der Waals surface area contributed by atoms with Crippen molar-refractivity contribution >= 4 is 0 Å². The molecule has 594 valence electrons. The van der Waals surface area contributed by atoms with Gasteiger partial charge in [0.05, 0.1) is 67.5 Å². The summed E-state index contributed by atoms with van der Waals surface area (Å²) in [6.07, 6.45) is 30.2. The summed E-state index contributed by atoms with van der Waals surface area (Å²) < 4.78 is 39.3. The van der Waals surface area contributed by atoms with Crippen LogP contribution in [0, 0.1) is 118 Å². The lowest BCUT2D eigenvalue weighted by molar-refractivity contribution is 0.275. The third-order valence-electron chi connectivity index (χ3n) is 20.9. The maximum atomic E-state index is 7.31. The van der Waals surface area contributed by atoms with Gasteiger partial charge in [-0.2, -0.15) is 0 Å². The average molecular weight is 1490 g/mol. The largest absolute Gasteiger partial charge is 0.494 e. The average Bonchev–Trinajstić information content (AvgIpc) is 0.762. The molecule has 0 radical (unpaired) electrons. The van der Waals surface area contributed by atoms with Crippen LogP contribution < -0.4 is 28.4 Å². The summed E-state index contributed by atoms with van der Waals surface area (Å²) in [5.74, 6) is 47.9. The van der Waals surface area contributed by atoms with Gasteiger partial charge in [0.1, 0.15) is 28.7 Å². The zero-order chi connectivity index (χ0) is 79.1. The van der Waals surface area contributed by atoms with Crippen LogP contribution in [0.4, 0.5) is 0 Å². The van der Waals surface area contributed by atoms with Crippen molar-refractivity contribution in [3.05, 3.63) is 177 Å². The molecule has 0 aliphatic carbocycles. The molecule has 0 bridgehead atoms. The number of unbranched alkanes of at least 4 members (excludes halogenated alkanes) is 5. The molecular formula is C104H142O6. The number of benzene rings is 6. The highest BCUT2D eigenvalue weighted by Crippen LogP contribution is 2.35. The Kier molecular flexibility index (Phi) is 43.7. The third kappa shape index (κ3) is 38.2. The fraction of sp³-hybridized carbons (Fsp3) is 0.558. The van der Waals surface area contributed by atoms with E-state index < -0.39 is 0 Å². The second-order valence-electron chi connectivity index (χ2n) is 34.0. The van der Waals surface area contributed by atoms with E-state index in [-0.39, 0.29) is 0 Å². The fourth-order valence-electron chi connectivity index (χ4n) is 13.4. The monoisotopic (exact) mass is 1490 g/mol. The molecule has 0 saturated carbocycles. The zero-order valence-corrected chi connectivity index (χ0v) is 71.4. The van der Waals surface area contributed by atoms with E-state index in [1.54, 1.807) is 0 Å². The first-order valence-electron chi connectivity index (χ1n) is 43.3. The van der Waals surface area contributed by atoms with E-state index in [1.165, 1.54) is 116 Å². The molecule has 6 aromatic rings. The molecule has 0 amide bonds. The first-order chi connectivity index (χ1) is 53.2. The lowest BCUT2D eigenvalue weighted by Gasteiger charge is -2.17. The van der Waals surface area contributed by atoms with Gasteiger partial charge >= 0.3 is 0 Å². The van der Waals surface area contributed by atoms with Crippen molar-refractivity contribution < 1.29 is 28.4 Å². The van der Waals surface area contributed by atoms with Crippen LogP contribution in [-0.4, -0.2) is 39.6 Å². The summed E-state index contributed by atoms with van der Waals surface area (Å²) in [5.41, 5.74) is 7.08. The molecule has 0 spiro atoms. The van der Waals surface area contributed by atoms with Gasteiger partial charge < -0.3 is 28.4 Å². The van der Waals surface area contributed by atoms with Crippen LogP contribution in [0.2, 0.25) is 0 Å². The predicted molar refractivity (Wildman–Crippen MR) is 467 cm³/mol. The topological polar surface area (TPSA) is 55.4 Å². The number of rotatable bonds is 48. The molecule has 0 aliphatic rings. The molecule has 110 heavy (non-hydrogen) atoms. The summed E-state index contributed by atoms with van der Waals surface area (Å²) in [5, 5.41) is 0. The van der Waals surface area contributed by atoms with Crippen LogP contribution in [0.5, 0.6) is 34.5 Å². The highest BCUT2D eigenvalue weighted by atomic mass is 16.5. The first-order valence-corrected chi connectivity index (χ1v) is 43.3. The van der Waals surface area contributed by atoms with Gasteiger partial charge in [-0.05, 0) is 219 Å². The minimum Gasteiger partial charge on any atom is -0.494 e. The summed E-state index contributed by atoms with van der Waals surface area (Å²) in [4.78, 5) is 0. The van der Waals surface area contributed by atoms with Crippen molar-refractivity contribution in [1.29, 1.82) is 0 Å². The molecule has 5 atom stereocenters. The smallest absolute Gasteiger partial charge is 0.153 e. The van der Waals surface area contributed by atoms with Crippen LogP contribution in [0.3, 0.4) is 0 Å². The van der Waals surface area contributed by atoms with Crippen LogP contribution in [0.15, 0.2) is 121 Å². The van der Waals surface area contributed by atoms with Gasteiger partial charge in [-0.15, -0.1) is 0 Å². The van der Waals surface area contributed by atoms with Crippen molar-refractivity contribution in [3.63, 3.8) is 0 Å². The van der Waals surface area contributed by atoms with Gasteiger partial charge in [-0.3, -0.25) is 0 Å². The standard InChI is InChI=1S/C104H142O6/c1-17-18-19-20-21-22-73-110-104-102(66-51-92-44-59-97(60-45-92)108-77-71-87(15)36-26-31-82(8)9)100(64-49-90-40-55-95(56-41-90)106-75-69-85(13)34-24-29-80(4)5)99(63-48-89-38-53-94(54-39-89)105-74-68-84(12)33-23-28-79(2)3)101(65-50-91-42-57-96(58-43-91)107-76-70-86(14)35-25-30-81(6)7)103(104)67-52-93-46-61-98(62-47-93)109-78-72-88(16)37-27-32-83(10)11/h38-47,53-62,79-88H,17-37,68-78H2,1-16H3. The summed E-state index contributed by atoms with van der Waals surface area (Å²) in [6.45, 7) is 40.8. The molecule has 6 heteroatoms. The van der Waals surface area contributed by atoms with Crippen molar-refractivity contribution in [2.24, 2.45) is 59.2 Å². The lowest BCUT2D eigenvalue weighted by atomic mass is 9.89. The summed E-state index contributed by atoms with van der Waals surface area (Å²) in [7, 11) is 0. The van der Waals surface area contributed by atoms with Gasteiger partial charge in [-0.1, -0.05) is 298 Å². The molecule has 0 aliphatic heterocycles. The molecule has 0 saturated heterocycles. The molecule has 0 N–H and O–H groups in total. The van der Waals surface area contributed by atoms with E-state index in [9.17, 15) is 0 Å². The first kappa shape index (κ1) is 90.8. The van der Waals surface area contributed by atoms with Crippen molar-refractivity contribution in [1.82, 2.24) is 0 Å². The SMILES string of the molecule is CCCCCCCCOc1c(C#Cc2ccc(OCCC(C)CCCC(C)C)cc2)c(C#Cc2ccc(OCCC(C)CCCC(C)C)cc2)c(C#Cc2ccc(OCCC(C)CCCC(C)C)cc2)c(C#Cc2ccc(OCCC(C)CCCC(C)C)cc2)c1C#Cc1ccc(OCCC(C)CCCC(C)C)cc1. The Labute approximate surface area is 671 Å². The number of hydrogen-bond acceptors (Lipinski definition) is 6. The van der Waals surface area contributed by atoms with Gasteiger partial charge in [0.25, 0.3) is 0 Å². The minimum atomic E-state index is 0.437. The van der Waals surface area contributed by atoms with Crippen molar-refractivity contribution in [2.45, 2.75) is 278 Å².